The normalized spacial score (nSPS) is 16.0. The van der Waals surface area contributed by atoms with E-state index in [0.717, 1.165) is 0 Å². The van der Waals surface area contributed by atoms with Gasteiger partial charge in [-0.05, 0) is 67.2 Å². The van der Waals surface area contributed by atoms with Gasteiger partial charge in [0.25, 0.3) is 11.6 Å². The van der Waals surface area contributed by atoms with Crippen LogP contribution in [-0.4, -0.2) is 38.5 Å². The van der Waals surface area contributed by atoms with Gasteiger partial charge in [-0.2, -0.15) is 0 Å². The highest BCUT2D eigenvalue weighted by Gasteiger charge is 2.32. The Labute approximate surface area is 192 Å². The maximum absolute atomic E-state index is 12.8. The van der Waals surface area contributed by atoms with Crippen molar-refractivity contribution in [3.8, 4) is 11.3 Å². The molecule has 166 valence electrons. The average molecular weight is 463 g/mol. The molecule has 0 spiro atoms. The predicted molar refractivity (Wildman–Crippen MR) is 124 cm³/mol. The zero-order valence-corrected chi connectivity index (χ0v) is 18.1. The first-order valence-electron chi connectivity index (χ1n) is 9.84. The fourth-order valence-corrected chi connectivity index (χ4v) is 4.16. The second-order valence-corrected chi connectivity index (χ2v) is 7.92. The van der Waals surface area contributed by atoms with Crippen LogP contribution in [0.4, 0.5) is 11.4 Å². The summed E-state index contributed by atoms with van der Waals surface area (Å²) in [5, 5.41) is 20.3. The van der Waals surface area contributed by atoms with E-state index in [9.17, 15) is 19.7 Å². The number of hydrogen-bond acceptors (Lipinski definition) is 7. The number of amides is 1. The van der Waals surface area contributed by atoms with Crippen molar-refractivity contribution in [1.29, 1.82) is 0 Å². The summed E-state index contributed by atoms with van der Waals surface area (Å²) < 4.78 is 5.81. The van der Waals surface area contributed by atoms with Crippen molar-refractivity contribution in [3.05, 3.63) is 87.0 Å². The van der Waals surface area contributed by atoms with Gasteiger partial charge in [0.2, 0.25) is 0 Å². The summed E-state index contributed by atoms with van der Waals surface area (Å²) in [6.07, 6.45) is 1.63. The topological polar surface area (TPSA) is 126 Å². The van der Waals surface area contributed by atoms with Gasteiger partial charge in [-0.15, -0.1) is 0 Å². The number of rotatable bonds is 6. The van der Waals surface area contributed by atoms with Gasteiger partial charge in [0, 0.05) is 30.3 Å². The highest BCUT2D eigenvalue weighted by atomic mass is 32.2. The Morgan fingerprint density at radius 1 is 1.15 bits per heavy atom. The van der Waals surface area contributed by atoms with Crippen LogP contribution in [0.5, 0.6) is 0 Å². The fourth-order valence-electron chi connectivity index (χ4n) is 3.12. The van der Waals surface area contributed by atoms with Crippen LogP contribution in [0.2, 0.25) is 0 Å². The number of carboxylic acids is 1. The monoisotopic (exact) mass is 463 g/mol. The Bertz CT molecular complexity index is 1290. The molecule has 1 aromatic heterocycles. The number of carboxylic acid groups (broad SMARTS) is 1. The summed E-state index contributed by atoms with van der Waals surface area (Å²) in [5.74, 6) is -0.252. The van der Waals surface area contributed by atoms with E-state index in [0.29, 0.717) is 39.4 Å². The molecule has 0 aliphatic carbocycles. The predicted octanol–water partition coefficient (Wildman–Crippen LogP) is 5.18. The van der Waals surface area contributed by atoms with Crippen molar-refractivity contribution < 1.29 is 24.0 Å². The van der Waals surface area contributed by atoms with Crippen LogP contribution >= 0.6 is 11.8 Å². The number of non-ortho nitro benzene ring substituents is 1. The minimum absolute atomic E-state index is 0.00956. The van der Waals surface area contributed by atoms with Gasteiger partial charge >= 0.3 is 5.97 Å². The fraction of sp³-hybridized carbons (Fsp3) is 0.0870. The lowest BCUT2D eigenvalue weighted by molar-refractivity contribution is -0.384. The number of carbonyl (C=O) groups excluding carboxylic acids is 1. The molecule has 1 saturated heterocycles. The smallest absolute Gasteiger partial charge is 0.335 e. The maximum Gasteiger partial charge on any atom is 0.335 e. The number of nitro benzene ring substituents is 1. The molecule has 33 heavy (non-hydrogen) atoms. The van der Waals surface area contributed by atoms with E-state index in [4.69, 9.17) is 9.52 Å². The van der Waals surface area contributed by atoms with Crippen molar-refractivity contribution >= 4 is 46.3 Å². The van der Waals surface area contributed by atoms with Gasteiger partial charge in [0.15, 0.2) is 5.17 Å². The Morgan fingerprint density at radius 2 is 1.85 bits per heavy atom. The molecule has 1 aliphatic heterocycles. The molecule has 1 aliphatic rings. The number of thioether (sulfide) groups is 1. The number of nitro groups is 1. The lowest BCUT2D eigenvalue weighted by Crippen LogP contribution is -2.28. The van der Waals surface area contributed by atoms with E-state index in [1.54, 1.807) is 42.5 Å². The third-order valence-corrected chi connectivity index (χ3v) is 5.81. The first-order chi connectivity index (χ1) is 15.9. The molecular weight excluding hydrogens is 446 g/mol. The SMILES string of the molecule is CCN1C(=O)/C(=C\c2ccc(-c3ccc([N+](=O)[O-])cc3)o2)SC1=Nc1ccc(C(=O)O)cc1. The van der Waals surface area contributed by atoms with Crippen LogP contribution in [0, 0.1) is 10.1 Å². The van der Waals surface area contributed by atoms with Crippen LogP contribution in [0.1, 0.15) is 23.0 Å². The molecule has 0 saturated carbocycles. The van der Waals surface area contributed by atoms with Crippen molar-refractivity contribution in [1.82, 2.24) is 4.90 Å². The minimum Gasteiger partial charge on any atom is -0.478 e. The first kappa shape index (κ1) is 22.0. The van der Waals surface area contributed by atoms with Gasteiger partial charge in [-0.25, -0.2) is 9.79 Å². The van der Waals surface area contributed by atoms with Crippen LogP contribution < -0.4 is 0 Å². The number of aliphatic imine (C=N–C) groups is 1. The van der Waals surface area contributed by atoms with E-state index in [1.807, 2.05) is 6.92 Å². The molecule has 1 fully saturated rings. The molecule has 1 amide bonds. The zero-order chi connectivity index (χ0) is 23.5. The molecule has 0 atom stereocenters. The lowest BCUT2D eigenvalue weighted by Gasteiger charge is -2.11. The minimum atomic E-state index is -1.02. The second kappa shape index (κ2) is 9.13. The van der Waals surface area contributed by atoms with Crippen LogP contribution in [-0.2, 0) is 4.79 Å². The maximum atomic E-state index is 12.8. The highest BCUT2D eigenvalue weighted by Crippen LogP contribution is 2.35. The number of likely N-dealkylation sites (N-methyl/N-ethyl adjacent to an activating group) is 1. The summed E-state index contributed by atoms with van der Waals surface area (Å²) in [7, 11) is 0. The van der Waals surface area contributed by atoms with E-state index in [-0.39, 0.29) is 17.2 Å². The average Bonchev–Trinajstić information content (AvgIpc) is 3.39. The summed E-state index contributed by atoms with van der Waals surface area (Å²) in [6.45, 7) is 2.26. The van der Waals surface area contributed by atoms with Crippen LogP contribution in [0.15, 0.2) is 75.0 Å². The molecule has 1 N–H and O–H groups in total. The zero-order valence-electron chi connectivity index (χ0n) is 17.3. The molecule has 2 aromatic carbocycles. The van der Waals surface area contributed by atoms with E-state index < -0.39 is 10.9 Å². The molecule has 4 rings (SSSR count). The number of aromatic carboxylic acids is 1. The molecule has 9 nitrogen and oxygen atoms in total. The molecule has 0 radical (unpaired) electrons. The van der Waals surface area contributed by atoms with Crippen molar-refractivity contribution in [2.45, 2.75) is 6.92 Å². The molecular formula is C23H17N3O6S. The third kappa shape index (κ3) is 4.70. The summed E-state index contributed by atoms with van der Waals surface area (Å²) in [4.78, 5) is 40.7. The molecule has 0 unspecified atom stereocenters. The Kier molecular flexibility index (Phi) is 6.09. The number of amidine groups is 1. The molecule has 3 aromatic rings. The highest BCUT2D eigenvalue weighted by molar-refractivity contribution is 8.18. The van der Waals surface area contributed by atoms with Gasteiger partial charge in [-0.1, -0.05) is 0 Å². The van der Waals surface area contributed by atoms with Crippen LogP contribution in [0.3, 0.4) is 0 Å². The molecule has 10 heteroatoms. The van der Waals surface area contributed by atoms with Gasteiger partial charge < -0.3 is 9.52 Å². The van der Waals surface area contributed by atoms with Crippen molar-refractivity contribution in [3.63, 3.8) is 0 Å². The number of benzene rings is 2. The van der Waals surface area contributed by atoms with Crippen LogP contribution in [0.25, 0.3) is 17.4 Å². The first-order valence-corrected chi connectivity index (χ1v) is 10.7. The summed E-state index contributed by atoms with van der Waals surface area (Å²) >= 11 is 1.20. The third-order valence-electron chi connectivity index (χ3n) is 4.81. The van der Waals surface area contributed by atoms with E-state index in [2.05, 4.69) is 4.99 Å². The largest absolute Gasteiger partial charge is 0.478 e. The number of nitrogens with zero attached hydrogens (tertiary/aromatic N) is 3. The molecule has 0 bridgehead atoms. The number of hydrogen-bond donors (Lipinski definition) is 1. The Balaban J connectivity index is 1.57. The van der Waals surface area contributed by atoms with Gasteiger partial charge in [0.05, 0.1) is 21.1 Å². The van der Waals surface area contributed by atoms with Crippen molar-refractivity contribution in [2.75, 3.05) is 6.54 Å². The lowest BCUT2D eigenvalue weighted by atomic mass is 10.1. The summed E-state index contributed by atoms with van der Waals surface area (Å²) in [5.41, 5.74) is 1.36. The Hall–Kier alpha value is -4.18. The van der Waals surface area contributed by atoms with E-state index >= 15 is 0 Å². The molecule has 2 heterocycles. The summed E-state index contributed by atoms with van der Waals surface area (Å²) in [6, 6.07) is 15.5. The Morgan fingerprint density at radius 3 is 2.45 bits per heavy atom. The number of carbonyl (C=O) groups is 2. The second-order valence-electron chi connectivity index (χ2n) is 6.91. The quantitative estimate of drug-likeness (QED) is 0.303. The van der Waals surface area contributed by atoms with Crippen molar-refractivity contribution in [2.24, 2.45) is 4.99 Å². The van der Waals surface area contributed by atoms with E-state index in [1.165, 1.54) is 40.9 Å². The number of furan rings is 1. The van der Waals surface area contributed by atoms with Gasteiger partial charge in [-0.3, -0.25) is 19.8 Å². The van der Waals surface area contributed by atoms with Gasteiger partial charge in [0.1, 0.15) is 11.5 Å². The standard InChI is InChI=1S/C23H17N3O6S/c1-2-25-21(27)20(33-23(25)24-16-7-3-15(4-8-16)22(28)29)13-18-11-12-19(32-18)14-5-9-17(10-6-14)26(30)31/h3-13H,2H2,1H3,(H,28,29)/b20-13+,24-23?.